The highest BCUT2D eigenvalue weighted by Gasteiger charge is 2.39. The molecule has 2 aromatic carbocycles. The SMILES string of the molecule is CCN(C)C(=O)Nc1cc(OC(C)C(F)(F)F)c(C(=O)Nc2c(F)cccc2Cl)cc1F. The molecule has 0 bridgehead atoms. The summed E-state index contributed by atoms with van der Waals surface area (Å²) in [5.74, 6) is -3.90. The van der Waals surface area contributed by atoms with Crippen molar-refractivity contribution >= 4 is 34.9 Å². The molecule has 6 nitrogen and oxygen atoms in total. The molecule has 0 fully saturated rings. The molecular weight excluding hydrogens is 461 g/mol. The van der Waals surface area contributed by atoms with Gasteiger partial charge in [-0.1, -0.05) is 17.7 Å². The Hall–Kier alpha value is -3.08. The molecule has 1 unspecified atom stereocenters. The van der Waals surface area contributed by atoms with Crippen LogP contribution < -0.4 is 15.4 Å². The van der Waals surface area contributed by atoms with Gasteiger partial charge in [0.15, 0.2) is 6.10 Å². The number of carbonyl (C=O) groups excluding carboxylic acids is 2. The standard InChI is InChI=1S/C20H19ClF5N3O3/c1-4-29(3)19(31)27-15-9-16(32-10(2)20(24,25)26)11(8-14(15)23)18(30)28-17-12(21)6-5-7-13(17)22/h5-10H,4H2,1-3H3,(H,27,31)(H,28,30). The lowest BCUT2D eigenvalue weighted by molar-refractivity contribution is -0.189. The van der Waals surface area contributed by atoms with Gasteiger partial charge in [-0.3, -0.25) is 4.79 Å². The van der Waals surface area contributed by atoms with Gasteiger partial charge in [-0.15, -0.1) is 0 Å². The maximum absolute atomic E-state index is 14.6. The number of amides is 3. The Kier molecular flexibility index (Phi) is 7.89. The van der Waals surface area contributed by atoms with Crippen molar-refractivity contribution in [3.63, 3.8) is 0 Å². The number of nitrogens with one attached hydrogen (secondary N) is 2. The van der Waals surface area contributed by atoms with Gasteiger partial charge in [-0.2, -0.15) is 13.2 Å². The monoisotopic (exact) mass is 479 g/mol. The fraction of sp³-hybridized carbons (Fsp3) is 0.300. The molecule has 1 atom stereocenters. The Labute approximate surface area is 185 Å². The van der Waals surface area contributed by atoms with Gasteiger partial charge in [-0.05, 0) is 32.0 Å². The van der Waals surface area contributed by atoms with Gasteiger partial charge in [0.05, 0.1) is 22.0 Å². The lowest BCUT2D eigenvalue weighted by Crippen LogP contribution is -2.33. The van der Waals surface area contributed by atoms with Crippen LogP contribution in [0.25, 0.3) is 0 Å². The average molecular weight is 480 g/mol. The van der Waals surface area contributed by atoms with Crippen LogP contribution in [-0.4, -0.2) is 42.7 Å². The molecule has 2 rings (SSSR count). The molecule has 0 saturated carbocycles. The molecule has 0 spiro atoms. The normalized spacial score (nSPS) is 12.2. The number of para-hydroxylation sites is 1. The zero-order valence-corrected chi connectivity index (χ0v) is 17.9. The van der Waals surface area contributed by atoms with Crippen molar-refractivity contribution in [3.8, 4) is 5.75 Å². The van der Waals surface area contributed by atoms with Crippen molar-refractivity contribution in [2.75, 3.05) is 24.2 Å². The highest BCUT2D eigenvalue weighted by atomic mass is 35.5. The molecule has 2 aromatic rings. The molecule has 12 heteroatoms. The summed E-state index contributed by atoms with van der Waals surface area (Å²) in [6, 6.07) is 4.12. The molecule has 0 aliphatic heterocycles. The van der Waals surface area contributed by atoms with Crippen LogP contribution in [0.1, 0.15) is 24.2 Å². The Morgan fingerprint density at radius 3 is 2.38 bits per heavy atom. The Balaban J connectivity index is 2.48. The second-order valence-corrected chi connectivity index (χ2v) is 7.03. The van der Waals surface area contributed by atoms with E-state index in [0.29, 0.717) is 13.0 Å². The zero-order valence-electron chi connectivity index (χ0n) is 17.1. The number of carbonyl (C=O) groups is 2. The third-order valence-corrected chi connectivity index (χ3v) is 4.66. The zero-order chi connectivity index (χ0) is 24.2. The number of halogens is 6. The van der Waals surface area contributed by atoms with Crippen molar-refractivity contribution < 1.29 is 36.3 Å². The lowest BCUT2D eigenvalue weighted by atomic mass is 10.1. The minimum atomic E-state index is -4.80. The van der Waals surface area contributed by atoms with Crippen LogP contribution >= 0.6 is 11.6 Å². The molecular formula is C20H19ClF5N3O3. The number of anilines is 2. The topological polar surface area (TPSA) is 70.7 Å². The van der Waals surface area contributed by atoms with E-state index in [4.69, 9.17) is 16.3 Å². The van der Waals surface area contributed by atoms with Crippen LogP contribution in [0.4, 0.5) is 38.1 Å². The highest BCUT2D eigenvalue weighted by Crippen LogP contribution is 2.33. The molecule has 0 radical (unpaired) electrons. The fourth-order valence-corrected chi connectivity index (χ4v) is 2.54. The minimum absolute atomic E-state index is 0.184. The van der Waals surface area contributed by atoms with E-state index in [1.807, 2.05) is 0 Å². The van der Waals surface area contributed by atoms with Crippen LogP contribution in [0.2, 0.25) is 5.02 Å². The predicted octanol–water partition coefficient (Wildman–Crippen LogP) is 5.68. The first-order valence-electron chi connectivity index (χ1n) is 9.19. The van der Waals surface area contributed by atoms with Gasteiger partial charge in [0, 0.05) is 19.7 Å². The largest absolute Gasteiger partial charge is 0.480 e. The molecule has 3 amide bonds. The van der Waals surface area contributed by atoms with Gasteiger partial charge in [0.2, 0.25) is 0 Å². The van der Waals surface area contributed by atoms with Crippen LogP contribution in [-0.2, 0) is 0 Å². The van der Waals surface area contributed by atoms with E-state index in [1.165, 1.54) is 24.1 Å². The van der Waals surface area contributed by atoms with E-state index in [1.54, 1.807) is 6.92 Å². The number of hydrogen-bond donors (Lipinski definition) is 2. The van der Waals surface area contributed by atoms with Gasteiger partial charge < -0.3 is 20.3 Å². The van der Waals surface area contributed by atoms with E-state index in [9.17, 15) is 31.5 Å². The number of ether oxygens (including phenoxy) is 1. The molecule has 0 aromatic heterocycles. The van der Waals surface area contributed by atoms with E-state index in [0.717, 1.165) is 12.1 Å². The maximum Gasteiger partial charge on any atom is 0.425 e. The average Bonchev–Trinajstić information content (AvgIpc) is 2.71. The summed E-state index contributed by atoms with van der Waals surface area (Å²) in [5, 5.41) is 4.09. The van der Waals surface area contributed by atoms with Gasteiger partial charge in [0.1, 0.15) is 17.4 Å². The summed E-state index contributed by atoms with van der Waals surface area (Å²) < 4.78 is 72.5. The Morgan fingerprint density at radius 1 is 1.16 bits per heavy atom. The summed E-state index contributed by atoms with van der Waals surface area (Å²) in [5.41, 5.74) is -1.63. The highest BCUT2D eigenvalue weighted by molar-refractivity contribution is 6.34. The number of alkyl halides is 3. The smallest absolute Gasteiger partial charge is 0.425 e. The molecule has 0 saturated heterocycles. The summed E-state index contributed by atoms with van der Waals surface area (Å²) in [7, 11) is 1.41. The second kappa shape index (κ2) is 10.0. The number of benzene rings is 2. The number of urea groups is 1. The third-order valence-electron chi connectivity index (χ3n) is 4.34. The van der Waals surface area contributed by atoms with Gasteiger partial charge in [-0.25, -0.2) is 13.6 Å². The van der Waals surface area contributed by atoms with Crippen LogP contribution in [0.5, 0.6) is 5.75 Å². The summed E-state index contributed by atoms with van der Waals surface area (Å²) in [6.07, 6.45) is -7.18. The molecule has 0 aliphatic rings. The van der Waals surface area contributed by atoms with Crippen molar-refractivity contribution in [1.29, 1.82) is 0 Å². The van der Waals surface area contributed by atoms with Crippen molar-refractivity contribution in [1.82, 2.24) is 4.90 Å². The van der Waals surface area contributed by atoms with Crippen LogP contribution in [0, 0.1) is 11.6 Å². The van der Waals surface area contributed by atoms with Gasteiger partial charge >= 0.3 is 12.2 Å². The maximum atomic E-state index is 14.6. The lowest BCUT2D eigenvalue weighted by Gasteiger charge is -2.21. The third kappa shape index (κ3) is 6.00. The second-order valence-electron chi connectivity index (χ2n) is 6.63. The van der Waals surface area contributed by atoms with E-state index < -0.39 is 58.5 Å². The number of nitrogens with zero attached hydrogens (tertiary/aromatic N) is 1. The van der Waals surface area contributed by atoms with Crippen LogP contribution in [0.15, 0.2) is 30.3 Å². The Bertz CT molecular complexity index is 996. The van der Waals surface area contributed by atoms with E-state index in [-0.39, 0.29) is 11.6 Å². The van der Waals surface area contributed by atoms with E-state index >= 15 is 0 Å². The van der Waals surface area contributed by atoms with Crippen molar-refractivity contribution in [3.05, 3.63) is 52.6 Å². The van der Waals surface area contributed by atoms with Gasteiger partial charge in [0.25, 0.3) is 5.91 Å². The van der Waals surface area contributed by atoms with Crippen molar-refractivity contribution in [2.45, 2.75) is 26.1 Å². The van der Waals surface area contributed by atoms with Crippen LogP contribution in [0.3, 0.4) is 0 Å². The molecule has 174 valence electrons. The number of rotatable bonds is 6. The molecule has 2 N–H and O–H groups in total. The first-order chi connectivity index (χ1) is 14.8. The summed E-state index contributed by atoms with van der Waals surface area (Å²) in [4.78, 5) is 25.8. The predicted molar refractivity (Wildman–Crippen MR) is 109 cm³/mol. The van der Waals surface area contributed by atoms with E-state index in [2.05, 4.69) is 10.6 Å². The number of hydrogen-bond acceptors (Lipinski definition) is 3. The molecule has 0 heterocycles. The summed E-state index contributed by atoms with van der Waals surface area (Å²) >= 11 is 5.84. The molecule has 0 aliphatic carbocycles. The fourth-order valence-electron chi connectivity index (χ4n) is 2.33. The first-order valence-corrected chi connectivity index (χ1v) is 9.57. The summed E-state index contributed by atoms with van der Waals surface area (Å²) in [6.45, 7) is 2.60. The Morgan fingerprint density at radius 2 is 1.81 bits per heavy atom. The molecule has 32 heavy (non-hydrogen) atoms. The quantitative estimate of drug-likeness (QED) is 0.523. The minimum Gasteiger partial charge on any atom is -0.480 e. The van der Waals surface area contributed by atoms with Crippen molar-refractivity contribution in [2.24, 2.45) is 0 Å². The first kappa shape index (κ1) is 25.2.